The van der Waals surface area contributed by atoms with Gasteiger partial charge in [0.2, 0.25) is 0 Å². The van der Waals surface area contributed by atoms with Crippen LogP contribution in [0.1, 0.15) is 11.1 Å². The van der Waals surface area contributed by atoms with Crippen LogP contribution in [0.5, 0.6) is 0 Å². The second kappa shape index (κ2) is 5.66. The lowest BCUT2D eigenvalue weighted by atomic mass is 10.1. The van der Waals surface area contributed by atoms with E-state index >= 15 is 0 Å². The fraction of sp³-hybridized carbons (Fsp3) is 0.231. The van der Waals surface area contributed by atoms with E-state index in [1.165, 1.54) is 12.3 Å². The second-order valence-electron chi connectivity index (χ2n) is 4.04. The molecular formula is C13H9ClF3NO2. The maximum atomic E-state index is 12.6. The number of rotatable bonds is 4. The van der Waals surface area contributed by atoms with E-state index in [2.05, 4.69) is 9.72 Å². The third-order valence-electron chi connectivity index (χ3n) is 2.76. The molecule has 0 unspecified atom stereocenters. The van der Waals surface area contributed by atoms with Crippen LogP contribution in [0.4, 0.5) is 13.2 Å². The van der Waals surface area contributed by atoms with Crippen LogP contribution in [0.15, 0.2) is 24.4 Å². The van der Waals surface area contributed by atoms with Gasteiger partial charge < -0.3 is 4.74 Å². The van der Waals surface area contributed by atoms with Gasteiger partial charge in [-0.15, -0.1) is 0 Å². The molecule has 0 N–H and O–H groups in total. The molecular weight excluding hydrogens is 295 g/mol. The summed E-state index contributed by atoms with van der Waals surface area (Å²) in [5.41, 5.74) is 0.0104. The Morgan fingerprint density at radius 1 is 1.35 bits per heavy atom. The van der Waals surface area contributed by atoms with E-state index in [9.17, 15) is 18.0 Å². The zero-order valence-corrected chi connectivity index (χ0v) is 10.8. The number of fused-ring (bicyclic) bond motifs is 1. The Morgan fingerprint density at radius 3 is 2.75 bits per heavy atom. The molecule has 0 spiro atoms. The predicted molar refractivity (Wildman–Crippen MR) is 67.5 cm³/mol. The van der Waals surface area contributed by atoms with E-state index in [4.69, 9.17) is 11.6 Å². The molecule has 0 bridgehead atoms. The maximum Gasteiger partial charge on any atom is 0.416 e. The molecule has 0 fully saturated rings. The van der Waals surface area contributed by atoms with Gasteiger partial charge >= 0.3 is 6.18 Å². The highest BCUT2D eigenvalue weighted by molar-refractivity contribution is 6.36. The van der Waals surface area contributed by atoms with Crippen molar-refractivity contribution in [1.82, 2.24) is 4.98 Å². The third-order valence-corrected chi connectivity index (χ3v) is 3.21. The number of ether oxygens (including phenoxy) is 1. The van der Waals surface area contributed by atoms with Gasteiger partial charge in [0.25, 0.3) is 6.47 Å². The van der Waals surface area contributed by atoms with Gasteiger partial charge in [-0.05, 0) is 17.7 Å². The average molecular weight is 304 g/mol. The van der Waals surface area contributed by atoms with Crippen molar-refractivity contribution in [2.45, 2.75) is 12.6 Å². The molecule has 0 aliphatic heterocycles. The third kappa shape index (κ3) is 3.01. The molecule has 106 valence electrons. The molecule has 0 radical (unpaired) electrons. The van der Waals surface area contributed by atoms with Crippen molar-refractivity contribution in [2.24, 2.45) is 0 Å². The first-order valence-corrected chi connectivity index (χ1v) is 6.01. The van der Waals surface area contributed by atoms with E-state index in [1.807, 2.05) is 0 Å². The van der Waals surface area contributed by atoms with Crippen LogP contribution in [0.25, 0.3) is 10.9 Å². The second-order valence-corrected chi connectivity index (χ2v) is 4.42. The molecule has 0 aliphatic rings. The van der Waals surface area contributed by atoms with Gasteiger partial charge in [0, 0.05) is 18.0 Å². The summed E-state index contributed by atoms with van der Waals surface area (Å²) in [7, 11) is 0. The summed E-state index contributed by atoms with van der Waals surface area (Å²) in [6, 6.07) is 3.20. The van der Waals surface area contributed by atoms with E-state index in [1.54, 1.807) is 0 Å². The van der Waals surface area contributed by atoms with Crippen molar-refractivity contribution in [1.29, 1.82) is 0 Å². The Kier molecular flexibility index (Phi) is 4.13. The quantitative estimate of drug-likeness (QED) is 0.639. The van der Waals surface area contributed by atoms with Crippen molar-refractivity contribution in [3.8, 4) is 0 Å². The van der Waals surface area contributed by atoms with Crippen LogP contribution in [0.2, 0.25) is 5.02 Å². The molecule has 0 atom stereocenters. The van der Waals surface area contributed by atoms with Crippen LogP contribution >= 0.6 is 11.6 Å². The lowest BCUT2D eigenvalue weighted by Crippen LogP contribution is -2.05. The maximum absolute atomic E-state index is 12.6. The first-order chi connectivity index (χ1) is 9.43. The highest BCUT2D eigenvalue weighted by Gasteiger charge is 2.30. The number of alkyl halides is 3. The number of hydrogen-bond acceptors (Lipinski definition) is 3. The van der Waals surface area contributed by atoms with Gasteiger partial charge in [-0.1, -0.05) is 17.7 Å². The number of carbonyl (C=O) groups excluding carboxylic acids is 1. The molecule has 1 aromatic carbocycles. The first-order valence-electron chi connectivity index (χ1n) is 5.63. The normalized spacial score (nSPS) is 11.6. The average Bonchev–Trinajstić information content (AvgIpc) is 2.40. The Hall–Kier alpha value is -1.82. The van der Waals surface area contributed by atoms with Gasteiger partial charge in [-0.2, -0.15) is 13.2 Å². The number of carbonyl (C=O) groups is 1. The summed E-state index contributed by atoms with van der Waals surface area (Å²) in [4.78, 5) is 14.0. The summed E-state index contributed by atoms with van der Waals surface area (Å²) >= 11 is 6.12. The molecule has 7 heteroatoms. The van der Waals surface area contributed by atoms with Crippen molar-refractivity contribution in [2.75, 3.05) is 6.61 Å². The number of aromatic nitrogens is 1. The first kappa shape index (κ1) is 14.6. The predicted octanol–water partition coefficient (Wildman–Crippen LogP) is 3.62. The number of pyridine rings is 1. The Balaban J connectivity index is 2.39. The highest BCUT2D eigenvalue weighted by atomic mass is 35.5. The van der Waals surface area contributed by atoms with Crippen LogP contribution in [-0.2, 0) is 22.1 Å². The SMILES string of the molecule is O=COCCc1cnc2cc(C(F)(F)F)ccc2c1Cl. The van der Waals surface area contributed by atoms with E-state index < -0.39 is 11.7 Å². The molecule has 2 rings (SSSR count). The molecule has 3 nitrogen and oxygen atoms in total. The van der Waals surface area contributed by atoms with Crippen LogP contribution in [0, 0.1) is 0 Å². The minimum Gasteiger partial charge on any atom is -0.468 e. The fourth-order valence-electron chi connectivity index (χ4n) is 1.77. The highest BCUT2D eigenvalue weighted by Crippen LogP contribution is 2.33. The lowest BCUT2D eigenvalue weighted by molar-refractivity contribution is -0.137. The summed E-state index contributed by atoms with van der Waals surface area (Å²) in [5, 5.41) is 0.751. The number of halogens is 4. The Morgan fingerprint density at radius 2 is 2.10 bits per heavy atom. The minimum absolute atomic E-state index is 0.136. The number of hydrogen-bond donors (Lipinski definition) is 0. The van der Waals surface area contributed by atoms with Crippen molar-refractivity contribution >= 4 is 29.0 Å². The molecule has 2 aromatic rings. The monoisotopic (exact) mass is 303 g/mol. The summed E-state index contributed by atoms with van der Waals surface area (Å²) in [6.45, 7) is 0.453. The van der Waals surface area contributed by atoms with Crippen LogP contribution in [-0.4, -0.2) is 18.1 Å². The Bertz CT molecular complexity index is 643. The van der Waals surface area contributed by atoms with Gasteiger partial charge in [-0.3, -0.25) is 9.78 Å². The largest absolute Gasteiger partial charge is 0.468 e. The van der Waals surface area contributed by atoms with E-state index in [-0.39, 0.29) is 12.1 Å². The zero-order chi connectivity index (χ0) is 14.8. The van der Waals surface area contributed by atoms with Gasteiger partial charge in [0.1, 0.15) is 0 Å². The standard InChI is InChI=1S/C13H9ClF3NO2/c14-12-8(3-4-20-7-19)6-18-11-5-9(13(15,16)17)1-2-10(11)12/h1-2,5-7H,3-4H2. The molecule has 0 amide bonds. The number of benzene rings is 1. The fourth-order valence-corrected chi connectivity index (χ4v) is 2.07. The lowest BCUT2D eigenvalue weighted by Gasteiger charge is -2.10. The van der Waals surface area contributed by atoms with Crippen LogP contribution < -0.4 is 0 Å². The summed E-state index contributed by atoms with van der Waals surface area (Å²) < 4.78 is 42.3. The van der Waals surface area contributed by atoms with Gasteiger partial charge in [-0.25, -0.2) is 0 Å². The van der Waals surface area contributed by atoms with Gasteiger partial charge in [0.05, 0.1) is 22.7 Å². The smallest absolute Gasteiger partial charge is 0.416 e. The zero-order valence-electron chi connectivity index (χ0n) is 10.1. The van der Waals surface area contributed by atoms with E-state index in [0.717, 1.165) is 12.1 Å². The molecule has 0 saturated carbocycles. The topological polar surface area (TPSA) is 39.2 Å². The molecule has 0 saturated heterocycles. The molecule has 1 heterocycles. The van der Waals surface area contributed by atoms with Crippen molar-refractivity contribution < 1.29 is 22.7 Å². The van der Waals surface area contributed by atoms with Crippen molar-refractivity contribution in [3.63, 3.8) is 0 Å². The molecule has 0 aliphatic carbocycles. The number of nitrogens with zero attached hydrogens (tertiary/aromatic N) is 1. The summed E-state index contributed by atoms with van der Waals surface area (Å²) in [5.74, 6) is 0. The molecule has 20 heavy (non-hydrogen) atoms. The minimum atomic E-state index is -4.42. The van der Waals surface area contributed by atoms with E-state index in [0.29, 0.717) is 28.9 Å². The van der Waals surface area contributed by atoms with Crippen molar-refractivity contribution in [3.05, 3.63) is 40.5 Å². The van der Waals surface area contributed by atoms with Crippen LogP contribution in [0.3, 0.4) is 0 Å². The summed E-state index contributed by atoms with van der Waals surface area (Å²) in [6.07, 6.45) is -2.68. The van der Waals surface area contributed by atoms with Gasteiger partial charge in [0.15, 0.2) is 0 Å². The molecule has 1 aromatic heterocycles. The Labute approximate surface area is 117 Å².